The number of aliphatic hydroxyl groups is 1. The van der Waals surface area contributed by atoms with Crippen molar-refractivity contribution in [3.05, 3.63) is 0 Å². The minimum Gasteiger partial charge on any atom is -0.387 e. The van der Waals surface area contributed by atoms with Gasteiger partial charge in [0.05, 0.1) is 5.60 Å². The van der Waals surface area contributed by atoms with Gasteiger partial charge in [-0.15, -0.1) is 0 Å². The molecule has 3 N–H and O–H groups in total. The minimum atomic E-state index is -0.905. The summed E-state index contributed by atoms with van der Waals surface area (Å²) >= 11 is 0. The lowest BCUT2D eigenvalue weighted by Crippen LogP contribution is -2.67. The summed E-state index contributed by atoms with van der Waals surface area (Å²) in [4.78, 5) is 0. The van der Waals surface area contributed by atoms with E-state index in [9.17, 15) is 5.11 Å². The third-order valence-corrected chi connectivity index (χ3v) is 3.67. The molecule has 0 aromatic carbocycles. The fourth-order valence-electron chi connectivity index (χ4n) is 2.68. The second-order valence-corrected chi connectivity index (χ2v) is 8.11. The molecule has 0 radical (unpaired) electrons. The molecule has 0 fully saturated rings. The molecule has 0 aliphatic heterocycles. The average Bonchev–Trinajstić information content (AvgIpc) is 1.95. The van der Waals surface area contributed by atoms with Crippen molar-refractivity contribution in [3.63, 3.8) is 0 Å². The van der Waals surface area contributed by atoms with Gasteiger partial charge in [-0.2, -0.15) is 0 Å². The molecule has 0 rings (SSSR count). The van der Waals surface area contributed by atoms with Gasteiger partial charge in [0.2, 0.25) is 0 Å². The van der Waals surface area contributed by atoms with Crippen LogP contribution in [0.15, 0.2) is 0 Å². The Hall–Kier alpha value is -0.0800. The highest BCUT2D eigenvalue weighted by Crippen LogP contribution is 2.49. The molecule has 0 heterocycles. The van der Waals surface area contributed by atoms with Gasteiger partial charge in [-0.05, 0) is 16.2 Å². The monoisotopic (exact) mass is 229 g/mol. The van der Waals surface area contributed by atoms with Crippen LogP contribution in [-0.2, 0) is 0 Å². The number of nitrogens with two attached hydrogens (primary N) is 1. The highest BCUT2D eigenvalue weighted by atomic mass is 16.3. The molecule has 2 nitrogen and oxygen atoms in total. The Morgan fingerprint density at radius 1 is 0.750 bits per heavy atom. The maximum Gasteiger partial charge on any atom is 0.0898 e. The van der Waals surface area contributed by atoms with Crippen molar-refractivity contribution in [2.45, 2.75) is 74.0 Å². The Morgan fingerprint density at radius 2 is 1.00 bits per heavy atom. The zero-order chi connectivity index (χ0) is 13.6. The first-order chi connectivity index (χ1) is 6.65. The number of rotatable bonds is 1. The molecule has 0 unspecified atom stereocenters. The molecular formula is C14H31NO. The zero-order valence-corrected chi connectivity index (χ0v) is 12.6. The summed E-state index contributed by atoms with van der Waals surface area (Å²) in [6, 6.07) is -0.264. The second-order valence-electron chi connectivity index (χ2n) is 8.11. The Morgan fingerprint density at radius 3 is 1.06 bits per heavy atom. The summed E-state index contributed by atoms with van der Waals surface area (Å²) in [5.74, 6) is 0. The van der Waals surface area contributed by atoms with Gasteiger partial charge in [0.25, 0.3) is 0 Å². The standard InChI is InChI=1S/C14H31NO/c1-11(2,3)10(15)14(16,12(4,5)6)13(7,8)9/h10,16H,15H2,1-9H3/t10-/m0/s1. The third kappa shape index (κ3) is 2.60. The van der Waals surface area contributed by atoms with Crippen LogP contribution in [0.5, 0.6) is 0 Å². The van der Waals surface area contributed by atoms with Crippen molar-refractivity contribution in [3.8, 4) is 0 Å². The smallest absolute Gasteiger partial charge is 0.0898 e. The minimum absolute atomic E-state index is 0.116. The Labute approximate surface area is 102 Å². The Kier molecular flexibility index (Phi) is 3.97. The Balaban J connectivity index is 5.63. The second kappa shape index (κ2) is 3.99. The van der Waals surface area contributed by atoms with E-state index in [0.29, 0.717) is 0 Å². The van der Waals surface area contributed by atoms with E-state index in [1.807, 2.05) is 0 Å². The highest BCUT2D eigenvalue weighted by molar-refractivity contribution is 5.09. The van der Waals surface area contributed by atoms with Crippen LogP contribution in [0.2, 0.25) is 0 Å². The summed E-state index contributed by atoms with van der Waals surface area (Å²) in [5.41, 5.74) is 4.83. The predicted molar refractivity (Wildman–Crippen MR) is 71.3 cm³/mol. The van der Waals surface area contributed by atoms with E-state index in [-0.39, 0.29) is 22.3 Å². The lowest BCUT2D eigenvalue weighted by molar-refractivity contribution is -0.171. The van der Waals surface area contributed by atoms with Gasteiger partial charge in [-0.1, -0.05) is 62.3 Å². The van der Waals surface area contributed by atoms with Crippen molar-refractivity contribution in [2.75, 3.05) is 0 Å². The SMILES string of the molecule is CC(C)(C)[C@H](N)C(O)(C(C)(C)C)C(C)(C)C. The van der Waals surface area contributed by atoms with E-state index in [0.717, 1.165) is 0 Å². The molecule has 0 aromatic rings. The number of hydrogen-bond donors (Lipinski definition) is 2. The largest absolute Gasteiger partial charge is 0.387 e. The third-order valence-electron chi connectivity index (χ3n) is 3.67. The summed E-state index contributed by atoms with van der Waals surface area (Å²) in [6.45, 7) is 18.6. The van der Waals surface area contributed by atoms with Gasteiger partial charge in [0, 0.05) is 6.04 Å². The number of hydrogen-bond acceptors (Lipinski definition) is 2. The quantitative estimate of drug-likeness (QED) is 0.725. The van der Waals surface area contributed by atoms with Gasteiger partial charge in [0.15, 0.2) is 0 Å². The molecular weight excluding hydrogens is 198 g/mol. The summed E-state index contributed by atoms with van der Waals surface area (Å²) in [7, 11) is 0. The van der Waals surface area contributed by atoms with Crippen LogP contribution in [-0.4, -0.2) is 16.7 Å². The fraction of sp³-hybridized carbons (Fsp3) is 1.00. The molecule has 0 spiro atoms. The van der Waals surface area contributed by atoms with Gasteiger partial charge in [0.1, 0.15) is 0 Å². The van der Waals surface area contributed by atoms with Gasteiger partial charge < -0.3 is 10.8 Å². The molecule has 0 aliphatic carbocycles. The lowest BCUT2D eigenvalue weighted by Gasteiger charge is -2.56. The molecule has 2 heteroatoms. The van der Waals surface area contributed by atoms with E-state index >= 15 is 0 Å². The van der Waals surface area contributed by atoms with Gasteiger partial charge in [-0.25, -0.2) is 0 Å². The first-order valence-corrected chi connectivity index (χ1v) is 6.13. The van der Waals surface area contributed by atoms with Crippen molar-refractivity contribution in [1.29, 1.82) is 0 Å². The normalized spacial score (nSPS) is 17.4. The molecule has 16 heavy (non-hydrogen) atoms. The van der Waals surface area contributed by atoms with Crippen molar-refractivity contribution >= 4 is 0 Å². The van der Waals surface area contributed by atoms with Crippen molar-refractivity contribution < 1.29 is 5.11 Å². The van der Waals surface area contributed by atoms with E-state index in [1.54, 1.807) is 0 Å². The van der Waals surface area contributed by atoms with Crippen molar-refractivity contribution in [2.24, 2.45) is 22.0 Å². The van der Waals surface area contributed by atoms with Crippen LogP contribution in [0.4, 0.5) is 0 Å². The fourth-order valence-corrected chi connectivity index (χ4v) is 2.68. The van der Waals surface area contributed by atoms with E-state index < -0.39 is 5.60 Å². The van der Waals surface area contributed by atoms with Crippen molar-refractivity contribution in [1.82, 2.24) is 0 Å². The molecule has 0 saturated carbocycles. The zero-order valence-electron chi connectivity index (χ0n) is 12.6. The first-order valence-electron chi connectivity index (χ1n) is 6.13. The molecule has 0 aromatic heterocycles. The van der Waals surface area contributed by atoms with Crippen LogP contribution in [0.3, 0.4) is 0 Å². The summed E-state index contributed by atoms with van der Waals surface area (Å²) in [5, 5.41) is 11.2. The van der Waals surface area contributed by atoms with Crippen LogP contribution in [0.1, 0.15) is 62.3 Å². The van der Waals surface area contributed by atoms with E-state index in [1.165, 1.54) is 0 Å². The summed E-state index contributed by atoms with van der Waals surface area (Å²) < 4.78 is 0. The predicted octanol–water partition coefficient (Wildman–Crippen LogP) is 3.18. The topological polar surface area (TPSA) is 46.2 Å². The molecule has 1 atom stereocenters. The van der Waals surface area contributed by atoms with Gasteiger partial charge in [-0.3, -0.25) is 0 Å². The van der Waals surface area contributed by atoms with Crippen LogP contribution < -0.4 is 5.73 Å². The molecule has 0 bridgehead atoms. The van der Waals surface area contributed by atoms with Crippen LogP contribution in [0.25, 0.3) is 0 Å². The molecule has 98 valence electrons. The van der Waals surface area contributed by atoms with Crippen LogP contribution >= 0.6 is 0 Å². The van der Waals surface area contributed by atoms with Crippen LogP contribution in [0, 0.1) is 16.2 Å². The maximum absolute atomic E-state index is 11.2. The average molecular weight is 229 g/mol. The van der Waals surface area contributed by atoms with E-state index in [2.05, 4.69) is 62.3 Å². The lowest BCUT2D eigenvalue weighted by atomic mass is 9.55. The van der Waals surface area contributed by atoms with E-state index in [4.69, 9.17) is 5.73 Å². The summed E-state index contributed by atoms with van der Waals surface area (Å²) in [6.07, 6.45) is 0. The highest BCUT2D eigenvalue weighted by Gasteiger charge is 2.55. The van der Waals surface area contributed by atoms with Gasteiger partial charge >= 0.3 is 0 Å². The molecule has 0 amide bonds. The molecule has 0 aliphatic rings. The molecule has 0 saturated heterocycles. The maximum atomic E-state index is 11.2. The Bertz CT molecular complexity index is 223. The first kappa shape index (κ1) is 15.9.